The van der Waals surface area contributed by atoms with Gasteiger partial charge in [-0.15, -0.1) is 0 Å². The van der Waals surface area contributed by atoms with Crippen LogP contribution in [0, 0.1) is 0 Å². The van der Waals surface area contributed by atoms with E-state index in [2.05, 4.69) is 67.7 Å². The fourth-order valence-electron chi connectivity index (χ4n) is 1.96. The number of hydrogen-bond acceptors (Lipinski definition) is 2. The van der Waals surface area contributed by atoms with E-state index in [1.54, 1.807) is 0 Å². The number of aliphatic hydroxyl groups excluding tert-OH is 1. The summed E-state index contributed by atoms with van der Waals surface area (Å²) < 4.78 is 0. The average molecular weight is 319 g/mol. The molecule has 0 aliphatic heterocycles. The lowest BCUT2D eigenvalue weighted by Gasteiger charge is -2.00. The fourth-order valence-corrected chi connectivity index (χ4v) is 1.96. The predicted molar refractivity (Wildman–Crippen MR) is 101 cm³/mol. The van der Waals surface area contributed by atoms with E-state index < -0.39 is 6.29 Å². The normalized spacial score (nSPS) is 13.2. The van der Waals surface area contributed by atoms with Crippen molar-refractivity contribution in [2.24, 2.45) is 0 Å². The SMILES string of the molecule is CC/C=C\C/C=C\C/C=C\C/C=C\C/C=C\CCCCC(O)O. The summed E-state index contributed by atoms with van der Waals surface area (Å²) in [6.45, 7) is 2.15. The maximum atomic E-state index is 8.70. The summed E-state index contributed by atoms with van der Waals surface area (Å²) in [6, 6.07) is 0. The Morgan fingerprint density at radius 3 is 1.48 bits per heavy atom. The highest BCUT2D eigenvalue weighted by Crippen LogP contribution is 2.03. The van der Waals surface area contributed by atoms with E-state index in [4.69, 9.17) is 10.2 Å². The minimum Gasteiger partial charge on any atom is -0.368 e. The van der Waals surface area contributed by atoms with E-state index in [9.17, 15) is 0 Å². The van der Waals surface area contributed by atoms with Crippen LogP contribution in [0.2, 0.25) is 0 Å². The first kappa shape index (κ1) is 21.6. The molecule has 0 radical (unpaired) electrons. The van der Waals surface area contributed by atoms with Gasteiger partial charge in [-0.1, -0.05) is 67.7 Å². The molecule has 0 aromatic heterocycles. The second-order valence-corrected chi connectivity index (χ2v) is 5.47. The summed E-state index contributed by atoms with van der Waals surface area (Å²) in [7, 11) is 0. The fraction of sp³-hybridized carbons (Fsp3) is 0.524. The van der Waals surface area contributed by atoms with E-state index in [1.165, 1.54) is 0 Å². The summed E-state index contributed by atoms with van der Waals surface area (Å²) in [5.74, 6) is 0. The number of allylic oxidation sites excluding steroid dienone is 10. The van der Waals surface area contributed by atoms with Gasteiger partial charge >= 0.3 is 0 Å². The molecule has 0 saturated heterocycles. The molecule has 0 bridgehead atoms. The van der Waals surface area contributed by atoms with Gasteiger partial charge in [-0.05, 0) is 57.8 Å². The Kier molecular flexibility index (Phi) is 17.5. The molecule has 0 aliphatic rings. The second-order valence-electron chi connectivity index (χ2n) is 5.47. The summed E-state index contributed by atoms with van der Waals surface area (Å²) in [5, 5.41) is 17.4. The Labute approximate surface area is 142 Å². The first-order valence-electron chi connectivity index (χ1n) is 8.88. The first-order chi connectivity index (χ1) is 11.3. The number of aliphatic hydroxyl groups is 2. The van der Waals surface area contributed by atoms with Crippen molar-refractivity contribution in [2.75, 3.05) is 0 Å². The minimum atomic E-state index is -1.15. The zero-order valence-electron chi connectivity index (χ0n) is 14.6. The Hall–Kier alpha value is -1.38. The summed E-state index contributed by atoms with van der Waals surface area (Å²) in [6.07, 6.45) is 29.3. The van der Waals surface area contributed by atoms with Crippen LogP contribution in [-0.2, 0) is 0 Å². The third-order valence-corrected chi connectivity index (χ3v) is 3.24. The van der Waals surface area contributed by atoms with Crippen LogP contribution in [0.1, 0.15) is 64.7 Å². The van der Waals surface area contributed by atoms with Crippen molar-refractivity contribution in [1.29, 1.82) is 0 Å². The molecule has 0 spiro atoms. The quantitative estimate of drug-likeness (QED) is 0.248. The van der Waals surface area contributed by atoms with Crippen LogP contribution in [0.5, 0.6) is 0 Å². The minimum absolute atomic E-state index is 0.477. The zero-order valence-corrected chi connectivity index (χ0v) is 14.6. The summed E-state index contributed by atoms with van der Waals surface area (Å²) >= 11 is 0. The van der Waals surface area contributed by atoms with E-state index in [0.29, 0.717) is 6.42 Å². The van der Waals surface area contributed by atoms with E-state index >= 15 is 0 Å². The largest absolute Gasteiger partial charge is 0.368 e. The molecular weight excluding hydrogens is 284 g/mol. The Morgan fingerprint density at radius 2 is 1.04 bits per heavy atom. The third kappa shape index (κ3) is 20.6. The molecule has 0 rings (SSSR count). The molecule has 0 aromatic rings. The van der Waals surface area contributed by atoms with Crippen LogP contribution in [0.25, 0.3) is 0 Å². The Morgan fingerprint density at radius 1 is 0.609 bits per heavy atom. The van der Waals surface area contributed by atoms with Crippen LogP contribution in [0.4, 0.5) is 0 Å². The lowest BCUT2D eigenvalue weighted by Crippen LogP contribution is -2.02. The second kappa shape index (κ2) is 18.7. The molecule has 0 unspecified atom stereocenters. The van der Waals surface area contributed by atoms with Gasteiger partial charge < -0.3 is 10.2 Å². The number of unbranched alkanes of at least 4 members (excludes halogenated alkanes) is 2. The van der Waals surface area contributed by atoms with E-state index in [0.717, 1.165) is 51.4 Å². The molecule has 2 N–H and O–H groups in total. The van der Waals surface area contributed by atoms with Crippen LogP contribution >= 0.6 is 0 Å². The maximum absolute atomic E-state index is 8.70. The Bertz CT molecular complexity index is 373. The van der Waals surface area contributed by atoms with Gasteiger partial charge in [-0.25, -0.2) is 0 Å². The molecule has 0 saturated carbocycles. The average Bonchev–Trinajstić information content (AvgIpc) is 2.53. The molecule has 2 heteroatoms. The van der Waals surface area contributed by atoms with Gasteiger partial charge in [0.05, 0.1) is 0 Å². The van der Waals surface area contributed by atoms with Gasteiger partial charge in [0.15, 0.2) is 6.29 Å². The van der Waals surface area contributed by atoms with Crippen LogP contribution in [0.3, 0.4) is 0 Å². The highest BCUT2D eigenvalue weighted by Gasteiger charge is 1.94. The summed E-state index contributed by atoms with van der Waals surface area (Å²) in [5.41, 5.74) is 0. The van der Waals surface area contributed by atoms with Crippen LogP contribution in [0.15, 0.2) is 60.8 Å². The van der Waals surface area contributed by atoms with Crippen molar-refractivity contribution in [1.82, 2.24) is 0 Å². The maximum Gasteiger partial charge on any atom is 0.151 e. The van der Waals surface area contributed by atoms with Gasteiger partial charge in [0.25, 0.3) is 0 Å². The van der Waals surface area contributed by atoms with Crippen molar-refractivity contribution in [3.05, 3.63) is 60.8 Å². The van der Waals surface area contributed by atoms with E-state index in [1.807, 2.05) is 0 Å². The third-order valence-electron chi connectivity index (χ3n) is 3.24. The highest BCUT2D eigenvalue weighted by molar-refractivity contribution is 5.00. The topological polar surface area (TPSA) is 40.5 Å². The highest BCUT2D eigenvalue weighted by atomic mass is 16.5. The van der Waals surface area contributed by atoms with Crippen molar-refractivity contribution >= 4 is 0 Å². The monoisotopic (exact) mass is 318 g/mol. The molecule has 0 fully saturated rings. The molecule has 23 heavy (non-hydrogen) atoms. The molecule has 130 valence electrons. The van der Waals surface area contributed by atoms with Gasteiger partial charge in [-0.3, -0.25) is 0 Å². The van der Waals surface area contributed by atoms with E-state index in [-0.39, 0.29) is 0 Å². The van der Waals surface area contributed by atoms with Crippen LogP contribution < -0.4 is 0 Å². The molecule has 2 nitrogen and oxygen atoms in total. The molecule has 0 aliphatic carbocycles. The smallest absolute Gasteiger partial charge is 0.151 e. The number of rotatable bonds is 14. The van der Waals surface area contributed by atoms with Gasteiger partial charge in [0.2, 0.25) is 0 Å². The predicted octanol–water partition coefficient (Wildman–Crippen LogP) is 5.61. The standard InChI is InChI=1S/C21H34O2/c1-2-3-4-5-6-7-8-9-10-11-12-13-14-15-16-17-18-19-20-21(22)23/h3-4,6-7,9-10,12-13,15-16,21-23H,2,5,8,11,14,17-20H2,1H3/b4-3-,7-6-,10-9-,13-12-,16-15-. The number of hydrogen-bond donors (Lipinski definition) is 2. The summed E-state index contributed by atoms with van der Waals surface area (Å²) in [4.78, 5) is 0. The molecule has 0 aromatic carbocycles. The van der Waals surface area contributed by atoms with Crippen LogP contribution in [-0.4, -0.2) is 16.5 Å². The lowest BCUT2D eigenvalue weighted by molar-refractivity contribution is -0.0464. The molecule has 0 amide bonds. The molecule has 0 atom stereocenters. The Balaban J connectivity index is 3.42. The van der Waals surface area contributed by atoms with Crippen molar-refractivity contribution in [2.45, 2.75) is 71.0 Å². The van der Waals surface area contributed by atoms with Crippen molar-refractivity contribution in [3.8, 4) is 0 Å². The lowest BCUT2D eigenvalue weighted by atomic mass is 10.1. The van der Waals surface area contributed by atoms with Gasteiger partial charge in [0, 0.05) is 0 Å². The molecule has 0 heterocycles. The zero-order chi connectivity index (χ0) is 17.0. The molecular formula is C21H34O2. The first-order valence-corrected chi connectivity index (χ1v) is 8.88. The van der Waals surface area contributed by atoms with Gasteiger partial charge in [0.1, 0.15) is 0 Å². The van der Waals surface area contributed by atoms with Crippen molar-refractivity contribution in [3.63, 3.8) is 0 Å². The van der Waals surface area contributed by atoms with Gasteiger partial charge in [-0.2, -0.15) is 0 Å². The van der Waals surface area contributed by atoms with Crippen molar-refractivity contribution < 1.29 is 10.2 Å².